The number of aryl methyl sites for hydroxylation is 1. The summed E-state index contributed by atoms with van der Waals surface area (Å²) in [6, 6.07) is 6.73. The number of nitrogens with zero attached hydrogens (tertiary/aromatic N) is 1. The maximum absolute atomic E-state index is 12.9. The Morgan fingerprint density at radius 3 is 2.57 bits per heavy atom. The summed E-state index contributed by atoms with van der Waals surface area (Å²) in [5, 5.41) is -0.562. The molecule has 0 aromatic heterocycles. The lowest BCUT2D eigenvalue weighted by Gasteiger charge is -2.37. The molecule has 1 aromatic carbocycles. The molecule has 2 saturated heterocycles. The fourth-order valence-corrected chi connectivity index (χ4v) is 5.31. The highest BCUT2D eigenvalue weighted by molar-refractivity contribution is 7.92. The summed E-state index contributed by atoms with van der Waals surface area (Å²) in [4.78, 5) is 13.9. The lowest BCUT2D eigenvalue weighted by atomic mass is 9.99. The molecule has 1 aromatic rings. The summed E-state index contributed by atoms with van der Waals surface area (Å²) in [6.45, 7) is 6.35. The molecule has 0 N–H and O–H groups in total. The third kappa shape index (κ3) is 2.39. The molecule has 4 nitrogen and oxygen atoms in total. The van der Waals surface area contributed by atoms with E-state index in [0.29, 0.717) is 30.7 Å². The minimum Gasteiger partial charge on any atom is -0.334 e. The standard InChI is InChI=1S/C16H19NO3S/c1-11-3-5-13(6-4-11)21(19,20)15-9-12(2)10-17-14(15)7-8-16(17)18/h3-6,14-15H,2,7-10H2,1H3/t14-,15+/m1/s1. The Morgan fingerprint density at radius 2 is 1.90 bits per heavy atom. The van der Waals surface area contributed by atoms with Crippen LogP contribution >= 0.6 is 0 Å². The number of carbonyl (C=O) groups excluding carboxylic acids is 1. The molecular formula is C16H19NO3S. The Balaban J connectivity index is 1.99. The van der Waals surface area contributed by atoms with Crippen molar-refractivity contribution in [3.63, 3.8) is 0 Å². The van der Waals surface area contributed by atoms with Crippen LogP contribution in [0.2, 0.25) is 0 Å². The Kier molecular flexibility index (Phi) is 3.40. The Hall–Kier alpha value is -1.62. The predicted molar refractivity (Wildman–Crippen MR) is 80.6 cm³/mol. The smallest absolute Gasteiger partial charge is 0.223 e. The summed E-state index contributed by atoms with van der Waals surface area (Å²) in [7, 11) is -3.44. The molecule has 0 unspecified atom stereocenters. The zero-order valence-corrected chi connectivity index (χ0v) is 12.9. The highest BCUT2D eigenvalue weighted by atomic mass is 32.2. The number of piperidine rings is 1. The average molecular weight is 305 g/mol. The number of hydrogen-bond donors (Lipinski definition) is 0. The SMILES string of the molecule is C=C1C[C@H](S(=O)(=O)c2ccc(C)cc2)[C@H]2CCC(=O)N2C1. The number of hydrogen-bond acceptors (Lipinski definition) is 3. The van der Waals surface area contributed by atoms with Crippen LogP contribution in [0.3, 0.4) is 0 Å². The lowest BCUT2D eigenvalue weighted by Crippen LogP contribution is -2.49. The van der Waals surface area contributed by atoms with Gasteiger partial charge in [-0.15, -0.1) is 0 Å². The van der Waals surface area contributed by atoms with Crippen molar-refractivity contribution in [2.24, 2.45) is 0 Å². The predicted octanol–water partition coefficient (Wildman–Crippen LogP) is 2.09. The highest BCUT2D eigenvalue weighted by Crippen LogP contribution is 2.36. The number of fused-ring (bicyclic) bond motifs is 1. The summed E-state index contributed by atoms with van der Waals surface area (Å²) in [5.74, 6) is 0.0463. The van der Waals surface area contributed by atoms with E-state index in [1.807, 2.05) is 19.1 Å². The van der Waals surface area contributed by atoms with Crippen molar-refractivity contribution in [3.8, 4) is 0 Å². The van der Waals surface area contributed by atoms with E-state index in [-0.39, 0.29) is 11.9 Å². The van der Waals surface area contributed by atoms with Gasteiger partial charge in [0.2, 0.25) is 5.91 Å². The van der Waals surface area contributed by atoms with E-state index in [2.05, 4.69) is 6.58 Å². The molecule has 2 heterocycles. The largest absolute Gasteiger partial charge is 0.334 e. The van der Waals surface area contributed by atoms with Gasteiger partial charge >= 0.3 is 0 Å². The van der Waals surface area contributed by atoms with Gasteiger partial charge in [-0.1, -0.05) is 29.8 Å². The molecule has 112 valence electrons. The van der Waals surface area contributed by atoms with Crippen LogP contribution in [0.25, 0.3) is 0 Å². The van der Waals surface area contributed by atoms with E-state index >= 15 is 0 Å². The summed E-state index contributed by atoms with van der Waals surface area (Å²) in [5.41, 5.74) is 1.85. The molecule has 5 heteroatoms. The number of carbonyl (C=O) groups is 1. The average Bonchev–Trinajstić information content (AvgIpc) is 2.80. The molecule has 3 rings (SSSR count). The summed E-state index contributed by atoms with van der Waals surface area (Å²) >= 11 is 0. The summed E-state index contributed by atoms with van der Waals surface area (Å²) in [6.07, 6.45) is 1.52. The summed E-state index contributed by atoms with van der Waals surface area (Å²) < 4.78 is 25.8. The first-order valence-corrected chi connectivity index (χ1v) is 8.71. The van der Waals surface area contributed by atoms with Crippen LogP contribution in [-0.2, 0) is 14.6 Å². The van der Waals surface area contributed by atoms with E-state index in [1.54, 1.807) is 17.0 Å². The molecule has 2 atom stereocenters. The van der Waals surface area contributed by atoms with Gasteiger partial charge in [0.15, 0.2) is 9.84 Å². The molecule has 2 aliphatic heterocycles. The molecule has 0 saturated carbocycles. The maximum atomic E-state index is 12.9. The molecule has 0 bridgehead atoms. The van der Waals surface area contributed by atoms with Crippen LogP contribution < -0.4 is 0 Å². The van der Waals surface area contributed by atoms with Crippen molar-refractivity contribution in [1.82, 2.24) is 4.90 Å². The van der Waals surface area contributed by atoms with Gasteiger partial charge < -0.3 is 4.90 Å². The maximum Gasteiger partial charge on any atom is 0.223 e. The van der Waals surface area contributed by atoms with Crippen molar-refractivity contribution < 1.29 is 13.2 Å². The van der Waals surface area contributed by atoms with Crippen LogP contribution in [0.15, 0.2) is 41.3 Å². The van der Waals surface area contributed by atoms with Crippen molar-refractivity contribution in [2.75, 3.05) is 6.54 Å². The Bertz CT molecular complexity index is 691. The van der Waals surface area contributed by atoms with Crippen LogP contribution in [0.4, 0.5) is 0 Å². The van der Waals surface area contributed by atoms with Crippen LogP contribution in [0, 0.1) is 6.92 Å². The normalized spacial score (nSPS) is 26.0. The van der Waals surface area contributed by atoms with Crippen molar-refractivity contribution in [3.05, 3.63) is 42.0 Å². The fraction of sp³-hybridized carbons (Fsp3) is 0.438. The third-order valence-corrected chi connectivity index (χ3v) is 6.64. The van der Waals surface area contributed by atoms with Crippen molar-refractivity contribution >= 4 is 15.7 Å². The molecule has 0 aliphatic carbocycles. The topological polar surface area (TPSA) is 54.5 Å². The number of sulfone groups is 1. The van der Waals surface area contributed by atoms with Crippen LogP contribution in [-0.4, -0.2) is 37.1 Å². The Morgan fingerprint density at radius 1 is 1.24 bits per heavy atom. The second kappa shape index (κ2) is 4.98. The lowest BCUT2D eigenvalue weighted by molar-refractivity contribution is -0.128. The quantitative estimate of drug-likeness (QED) is 0.786. The molecule has 2 aliphatic rings. The van der Waals surface area contributed by atoms with Crippen LogP contribution in [0.1, 0.15) is 24.8 Å². The highest BCUT2D eigenvalue weighted by Gasteiger charge is 2.46. The number of rotatable bonds is 2. The Labute approximate surface area is 125 Å². The van der Waals surface area contributed by atoms with Gasteiger partial charge in [-0.3, -0.25) is 4.79 Å². The monoisotopic (exact) mass is 305 g/mol. The number of amides is 1. The second-order valence-electron chi connectivity index (χ2n) is 5.98. The van der Waals surface area contributed by atoms with Gasteiger partial charge in [0.05, 0.1) is 10.1 Å². The molecule has 1 amide bonds. The van der Waals surface area contributed by atoms with E-state index < -0.39 is 15.1 Å². The molecule has 2 fully saturated rings. The molecule has 21 heavy (non-hydrogen) atoms. The minimum absolute atomic E-state index is 0.0463. The van der Waals surface area contributed by atoms with Crippen LogP contribution in [0.5, 0.6) is 0 Å². The first-order valence-electron chi connectivity index (χ1n) is 7.16. The number of benzene rings is 1. The van der Waals surface area contributed by atoms with E-state index in [1.165, 1.54) is 0 Å². The third-order valence-electron chi connectivity index (χ3n) is 4.44. The zero-order chi connectivity index (χ0) is 15.2. The fourth-order valence-electron chi connectivity index (χ4n) is 3.29. The van der Waals surface area contributed by atoms with E-state index in [4.69, 9.17) is 0 Å². The van der Waals surface area contributed by atoms with Gasteiger partial charge in [0.25, 0.3) is 0 Å². The zero-order valence-electron chi connectivity index (χ0n) is 12.1. The van der Waals surface area contributed by atoms with Gasteiger partial charge in [-0.2, -0.15) is 0 Å². The van der Waals surface area contributed by atoms with Crippen molar-refractivity contribution in [1.29, 1.82) is 0 Å². The first-order chi connectivity index (χ1) is 9.89. The van der Waals surface area contributed by atoms with Gasteiger partial charge in [0.1, 0.15) is 0 Å². The first kappa shape index (κ1) is 14.3. The van der Waals surface area contributed by atoms with Crippen molar-refractivity contribution in [2.45, 2.75) is 42.4 Å². The van der Waals surface area contributed by atoms with E-state index in [9.17, 15) is 13.2 Å². The van der Waals surface area contributed by atoms with Gasteiger partial charge in [-0.25, -0.2) is 8.42 Å². The molecule has 0 spiro atoms. The second-order valence-corrected chi connectivity index (χ2v) is 8.15. The minimum atomic E-state index is -3.44. The van der Waals surface area contributed by atoms with E-state index in [0.717, 1.165) is 11.1 Å². The molecular weight excluding hydrogens is 286 g/mol. The molecule has 0 radical (unpaired) electrons. The van der Waals surface area contributed by atoms with Gasteiger partial charge in [0, 0.05) is 19.0 Å². The van der Waals surface area contributed by atoms with Gasteiger partial charge in [-0.05, 0) is 31.9 Å².